The van der Waals surface area contributed by atoms with E-state index in [9.17, 15) is 4.79 Å². The Morgan fingerprint density at radius 3 is 3.00 bits per heavy atom. The molecule has 2 aliphatic heterocycles. The second-order valence-corrected chi connectivity index (χ2v) is 6.11. The normalized spacial score (nSPS) is 23.4. The van der Waals surface area contributed by atoms with Crippen LogP contribution in [-0.2, 0) is 11.2 Å². The van der Waals surface area contributed by atoms with E-state index in [2.05, 4.69) is 26.6 Å². The molecule has 2 atom stereocenters. The second-order valence-electron chi connectivity index (χ2n) is 6.11. The summed E-state index contributed by atoms with van der Waals surface area (Å²) in [5.74, 6) is 2.09. The number of rotatable bonds is 2. The molecule has 1 fully saturated rings. The molecule has 0 spiro atoms. The monoisotopic (exact) mass is 297 g/mol. The van der Waals surface area contributed by atoms with Crippen molar-refractivity contribution in [3.05, 3.63) is 41.5 Å². The topological polar surface area (TPSA) is 73.9 Å². The van der Waals surface area contributed by atoms with E-state index in [1.807, 2.05) is 30.0 Å². The maximum absolute atomic E-state index is 12.7. The standard InChI is InChI=1S/C16H19N5O/c1-10-17-15(20-19-10)12-6-7-21(9-12)16(22)14-8-11-4-2-3-5-13(11)18-14/h2-5,12,14,18H,6-9H2,1H3,(H,17,19,20)/t12?,14-/m0/s1. The summed E-state index contributed by atoms with van der Waals surface area (Å²) in [4.78, 5) is 19.1. The van der Waals surface area contributed by atoms with Gasteiger partial charge in [0.2, 0.25) is 5.91 Å². The zero-order chi connectivity index (χ0) is 15.1. The van der Waals surface area contributed by atoms with Crippen LogP contribution >= 0.6 is 0 Å². The third-order valence-corrected chi connectivity index (χ3v) is 4.55. The van der Waals surface area contributed by atoms with Crippen molar-refractivity contribution in [3.63, 3.8) is 0 Å². The lowest BCUT2D eigenvalue weighted by Crippen LogP contribution is -2.40. The smallest absolute Gasteiger partial charge is 0.245 e. The minimum Gasteiger partial charge on any atom is -0.373 e. The molecule has 1 unspecified atom stereocenters. The molecule has 0 radical (unpaired) electrons. The van der Waals surface area contributed by atoms with Gasteiger partial charge in [-0.1, -0.05) is 18.2 Å². The van der Waals surface area contributed by atoms with Gasteiger partial charge in [0.05, 0.1) is 0 Å². The minimum atomic E-state index is -0.134. The van der Waals surface area contributed by atoms with Gasteiger partial charge in [0.25, 0.3) is 0 Å². The Morgan fingerprint density at radius 1 is 1.36 bits per heavy atom. The van der Waals surface area contributed by atoms with E-state index in [4.69, 9.17) is 0 Å². The number of aromatic amines is 1. The Labute approximate surface area is 128 Å². The average Bonchev–Trinajstić information content (AvgIpc) is 3.24. The summed E-state index contributed by atoms with van der Waals surface area (Å²) in [5.41, 5.74) is 2.31. The van der Waals surface area contributed by atoms with Crippen molar-refractivity contribution >= 4 is 11.6 Å². The number of aryl methyl sites for hydroxylation is 1. The number of para-hydroxylation sites is 1. The molecule has 1 amide bonds. The Bertz CT molecular complexity index is 685. The highest BCUT2D eigenvalue weighted by molar-refractivity contribution is 5.87. The second kappa shape index (κ2) is 5.12. The average molecular weight is 297 g/mol. The molecule has 2 aliphatic rings. The Balaban J connectivity index is 1.43. The van der Waals surface area contributed by atoms with Gasteiger partial charge in [0.15, 0.2) is 5.82 Å². The van der Waals surface area contributed by atoms with E-state index in [-0.39, 0.29) is 17.9 Å². The lowest BCUT2D eigenvalue weighted by Gasteiger charge is -2.20. The first-order chi connectivity index (χ1) is 10.7. The van der Waals surface area contributed by atoms with Crippen molar-refractivity contribution < 1.29 is 4.79 Å². The fourth-order valence-corrected chi connectivity index (χ4v) is 3.38. The Hall–Kier alpha value is -2.37. The maximum Gasteiger partial charge on any atom is 0.245 e. The van der Waals surface area contributed by atoms with Crippen molar-refractivity contribution in [2.75, 3.05) is 18.4 Å². The summed E-state index contributed by atoms with van der Waals surface area (Å²) in [7, 11) is 0. The third-order valence-electron chi connectivity index (χ3n) is 4.55. The van der Waals surface area contributed by atoms with Gasteiger partial charge in [-0.2, -0.15) is 5.10 Å². The highest BCUT2D eigenvalue weighted by Gasteiger charge is 2.35. The van der Waals surface area contributed by atoms with E-state index in [1.54, 1.807) is 0 Å². The quantitative estimate of drug-likeness (QED) is 0.880. The summed E-state index contributed by atoms with van der Waals surface area (Å²) in [6.45, 7) is 3.39. The van der Waals surface area contributed by atoms with Gasteiger partial charge in [-0.05, 0) is 25.0 Å². The van der Waals surface area contributed by atoms with Crippen LogP contribution in [0.15, 0.2) is 24.3 Å². The minimum absolute atomic E-state index is 0.134. The van der Waals surface area contributed by atoms with Gasteiger partial charge in [-0.25, -0.2) is 4.98 Å². The fourth-order valence-electron chi connectivity index (χ4n) is 3.38. The van der Waals surface area contributed by atoms with Crippen molar-refractivity contribution in [1.29, 1.82) is 0 Å². The van der Waals surface area contributed by atoms with Crippen molar-refractivity contribution in [2.24, 2.45) is 0 Å². The summed E-state index contributed by atoms with van der Waals surface area (Å²) < 4.78 is 0. The lowest BCUT2D eigenvalue weighted by molar-refractivity contribution is -0.130. The van der Waals surface area contributed by atoms with Crippen LogP contribution in [0, 0.1) is 6.92 Å². The number of fused-ring (bicyclic) bond motifs is 1. The molecule has 2 aromatic rings. The van der Waals surface area contributed by atoms with Gasteiger partial charge >= 0.3 is 0 Å². The number of nitrogens with zero attached hydrogens (tertiary/aromatic N) is 3. The molecule has 0 saturated carbocycles. The van der Waals surface area contributed by atoms with Crippen molar-refractivity contribution in [1.82, 2.24) is 20.1 Å². The van der Waals surface area contributed by atoms with Crippen LogP contribution in [0.25, 0.3) is 0 Å². The van der Waals surface area contributed by atoms with Crippen molar-refractivity contribution in [2.45, 2.75) is 31.7 Å². The van der Waals surface area contributed by atoms with Crippen LogP contribution < -0.4 is 5.32 Å². The van der Waals surface area contributed by atoms with Gasteiger partial charge in [-0.3, -0.25) is 9.89 Å². The van der Waals surface area contributed by atoms with Gasteiger partial charge < -0.3 is 10.2 Å². The van der Waals surface area contributed by atoms with Crippen LogP contribution in [0.1, 0.15) is 29.6 Å². The summed E-state index contributed by atoms with van der Waals surface area (Å²) in [5, 5.41) is 10.5. The predicted molar refractivity (Wildman–Crippen MR) is 82.6 cm³/mol. The number of hydrogen-bond donors (Lipinski definition) is 2. The SMILES string of the molecule is Cc1nc(C2CCN(C(=O)[C@@H]3Cc4ccccc4N3)C2)n[nH]1. The zero-order valence-corrected chi connectivity index (χ0v) is 12.5. The first-order valence-electron chi connectivity index (χ1n) is 7.73. The first-order valence-corrected chi connectivity index (χ1v) is 7.73. The number of benzene rings is 1. The van der Waals surface area contributed by atoms with E-state index >= 15 is 0 Å². The highest BCUT2D eigenvalue weighted by atomic mass is 16.2. The van der Waals surface area contributed by atoms with Crippen LogP contribution in [0.4, 0.5) is 5.69 Å². The number of H-pyrrole nitrogens is 1. The number of anilines is 1. The van der Waals surface area contributed by atoms with E-state index in [0.717, 1.165) is 36.7 Å². The summed E-state index contributed by atoms with van der Waals surface area (Å²) in [6, 6.07) is 8.00. The van der Waals surface area contributed by atoms with E-state index in [0.29, 0.717) is 6.54 Å². The molecule has 0 aliphatic carbocycles. The molecule has 1 aromatic heterocycles. The van der Waals surface area contributed by atoms with E-state index < -0.39 is 0 Å². The molecule has 0 bridgehead atoms. The molecule has 4 rings (SSSR count). The third kappa shape index (κ3) is 2.24. The number of nitrogens with one attached hydrogen (secondary N) is 2. The van der Waals surface area contributed by atoms with Crippen molar-refractivity contribution in [3.8, 4) is 0 Å². The molecule has 114 valence electrons. The number of carbonyl (C=O) groups is 1. The van der Waals surface area contributed by atoms with Gasteiger partial charge in [0, 0.05) is 31.1 Å². The van der Waals surface area contributed by atoms with Crippen LogP contribution in [0.5, 0.6) is 0 Å². The molecular formula is C16H19N5O. The predicted octanol–water partition coefficient (Wildman–Crippen LogP) is 1.47. The first kappa shape index (κ1) is 13.3. The summed E-state index contributed by atoms with van der Waals surface area (Å²) >= 11 is 0. The molecule has 3 heterocycles. The van der Waals surface area contributed by atoms with Gasteiger partial charge in [-0.15, -0.1) is 0 Å². The summed E-state index contributed by atoms with van der Waals surface area (Å²) in [6.07, 6.45) is 1.71. The maximum atomic E-state index is 12.7. The number of likely N-dealkylation sites (tertiary alicyclic amines) is 1. The Morgan fingerprint density at radius 2 is 2.23 bits per heavy atom. The highest BCUT2D eigenvalue weighted by Crippen LogP contribution is 2.29. The largest absolute Gasteiger partial charge is 0.373 e. The molecule has 6 heteroatoms. The lowest BCUT2D eigenvalue weighted by atomic mass is 10.1. The molecule has 1 saturated heterocycles. The molecular weight excluding hydrogens is 278 g/mol. The fraction of sp³-hybridized carbons (Fsp3) is 0.438. The van der Waals surface area contributed by atoms with Crippen LogP contribution in [0.2, 0.25) is 0 Å². The van der Waals surface area contributed by atoms with Gasteiger partial charge in [0.1, 0.15) is 11.9 Å². The van der Waals surface area contributed by atoms with Crippen LogP contribution in [-0.4, -0.2) is 45.1 Å². The number of carbonyl (C=O) groups excluding carboxylic acids is 1. The molecule has 22 heavy (non-hydrogen) atoms. The molecule has 1 aromatic carbocycles. The molecule has 2 N–H and O–H groups in total. The number of hydrogen-bond acceptors (Lipinski definition) is 4. The zero-order valence-electron chi connectivity index (χ0n) is 12.5. The molecule has 6 nitrogen and oxygen atoms in total. The Kier molecular flexibility index (Phi) is 3.10. The number of aromatic nitrogens is 3. The van der Waals surface area contributed by atoms with E-state index in [1.165, 1.54) is 5.56 Å². The number of amides is 1. The van der Waals surface area contributed by atoms with Crippen LogP contribution in [0.3, 0.4) is 0 Å².